The Morgan fingerprint density at radius 1 is 0.692 bits per heavy atom. The molecule has 0 aromatic heterocycles. The summed E-state index contributed by atoms with van der Waals surface area (Å²) in [5, 5.41) is 0. The molecule has 0 aliphatic heterocycles. The van der Waals surface area contributed by atoms with Crippen molar-refractivity contribution in [2.75, 3.05) is 0 Å². The van der Waals surface area contributed by atoms with Crippen molar-refractivity contribution < 1.29 is 48.2 Å². The largest absolute Gasteiger partial charge is 0.550 e. The molecule has 0 radical (unpaired) electrons. The van der Waals surface area contributed by atoms with Crippen molar-refractivity contribution in [2.24, 2.45) is 17.8 Å². The molecule has 0 aromatic rings. The minimum absolute atomic E-state index is 0.00633. The summed E-state index contributed by atoms with van der Waals surface area (Å²) in [7, 11) is 0. The smallest absolute Gasteiger partial charge is 0.429 e. The van der Waals surface area contributed by atoms with Crippen LogP contribution in [0, 0.1) is 17.8 Å². The molecule has 10 heteroatoms. The van der Waals surface area contributed by atoms with E-state index in [0.717, 1.165) is 44.9 Å². The van der Waals surface area contributed by atoms with Crippen LogP contribution in [0.1, 0.15) is 118 Å². The highest BCUT2D eigenvalue weighted by atomic mass is 17.2. The van der Waals surface area contributed by atoms with Gasteiger partial charge in [0, 0.05) is 0 Å². The van der Waals surface area contributed by atoms with Crippen molar-refractivity contribution in [2.45, 2.75) is 130 Å². The van der Waals surface area contributed by atoms with E-state index in [1.165, 1.54) is 19.3 Å². The van der Waals surface area contributed by atoms with Crippen LogP contribution in [0.25, 0.3) is 0 Å². The first-order valence-corrected chi connectivity index (χ1v) is 14.5. The zero-order valence-corrected chi connectivity index (χ0v) is 24.3. The van der Waals surface area contributed by atoms with Crippen molar-refractivity contribution in [1.82, 2.24) is 0 Å². The maximum atomic E-state index is 12.8. The molecule has 0 heterocycles. The second-order valence-electron chi connectivity index (χ2n) is 10.7. The van der Waals surface area contributed by atoms with Gasteiger partial charge in [0.15, 0.2) is 0 Å². The van der Waals surface area contributed by atoms with Gasteiger partial charge in [0.25, 0.3) is 0 Å². The van der Waals surface area contributed by atoms with Gasteiger partial charge in [-0.25, -0.2) is 29.1 Å². The van der Waals surface area contributed by atoms with E-state index >= 15 is 0 Å². The molecule has 0 fully saturated rings. The Morgan fingerprint density at radius 3 is 1.90 bits per heavy atom. The van der Waals surface area contributed by atoms with Crippen molar-refractivity contribution in [1.29, 1.82) is 0 Å². The normalized spacial score (nSPS) is 18.5. The summed E-state index contributed by atoms with van der Waals surface area (Å²) < 4.78 is 9.58. The van der Waals surface area contributed by atoms with Crippen LogP contribution in [0.4, 0.5) is 9.59 Å². The number of hydrogen-bond acceptors (Lipinski definition) is 10. The molecule has 224 valence electrons. The molecule has 1 aliphatic rings. The van der Waals surface area contributed by atoms with Crippen molar-refractivity contribution in [3.8, 4) is 0 Å². The molecule has 0 saturated carbocycles. The third kappa shape index (κ3) is 16.7. The van der Waals surface area contributed by atoms with E-state index in [2.05, 4.69) is 33.7 Å². The average molecular weight is 557 g/mol. The van der Waals surface area contributed by atoms with Gasteiger partial charge in [-0.3, -0.25) is 0 Å². The van der Waals surface area contributed by atoms with Crippen LogP contribution < -0.4 is 0 Å². The van der Waals surface area contributed by atoms with E-state index in [-0.39, 0.29) is 30.5 Å². The molecule has 0 N–H and O–H groups in total. The van der Waals surface area contributed by atoms with Crippen LogP contribution >= 0.6 is 0 Å². The first kappa shape index (κ1) is 34.2. The SMILES string of the molecule is CCCCCCC1C=CC(CCCCCCCC(=O)OOC(=O)OC(C)C)C(C(=O)OOC(=O)OC(C)C)C1. The third-order valence-electron chi connectivity index (χ3n) is 6.41. The summed E-state index contributed by atoms with van der Waals surface area (Å²) in [6.07, 6.45) is 13.1. The molecule has 1 aliphatic carbocycles. The highest BCUT2D eigenvalue weighted by molar-refractivity contribution is 5.74. The molecule has 3 unspecified atom stereocenters. The standard InChI is InChI=1S/C29H48O10/c1-6-7-8-12-15-23-18-19-24(25(20-23)27(31)37-39-29(33)35-22(4)5)16-13-10-9-11-14-17-26(30)36-38-28(32)34-21(2)3/h18-19,21-25H,6-17,20H2,1-5H3. The van der Waals surface area contributed by atoms with E-state index in [4.69, 9.17) is 14.4 Å². The fraction of sp³-hybridized carbons (Fsp3) is 0.793. The maximum absolute atomic E-state index is 12.8. The van der Waals surface area contributed by atoms with Gasteiger partial charge >= 0.3 is 24.2 Å². The van der Waals surface area contributed by atoms with Gasteiger partial charge in [-0.1, -0.05) is 70.4 Å². The molecule has 1 rings (SSSR count). The van der Waals surface area contributed by atoms with Crippen LogP contribution in [0.2, 0.25) is 0 Å². The summed E-state index contributed by atoms with van der Waals surface area (Å²) in [5.41, 5.74) is 0. The van der Waals surface area contributed by atoms with E-state index in [0.29, 0.717) is 18.8 Å². The molecule has 0 amide bonds. The van der Waals surface area contributed by atoms with Crippen LogP contribution in [-0.4, -0.2) is 36.5 Å². The Balaban J connectivity index is 2.42. The van der Waals surface area contributed by atoms with E-state index in [9.17, 15) is 19.2 Å². The third-order valence-corrected chi connectivity index (χ3v) is 6.41. The van der Waals surface area contributed by atoms with Crippen LogP contribution in [-0.2, 0) is 38.6 Å². The Bertz CT molecular complexity index is 761. The summed E-state index contributed by atoms with van der Waals surface area (Å²) >= 11 is 0. The summed E-state index contributed by atoms with van der Waals surface area (Å²) in [6, 6.07) is 0. The molecule has 0 spiro atoms. The average Bonchev–Trinajstić information content (AvgIpc) is 2.87. The summed E-state index contributed by atoms with van der Waals surface area (Å²) in [5.74, 6) is -1.23. The molecule has 0 bridgehead atoms. The van der Waals surface area contributed by atoms with Crippen molar-refractivity contribution in [3.05, 3.63) is 12.2 Å². The van der Waals surface area contributed by atoms with Crippen LogP contribution in [0.3, 0.4) is 0 Å². The number of rotatable bonds is 16. The Hall–Kier alpha value is -2.78. The van der Waals surface area contributed by atoms with E-state index in [1.807, 2.05) is 0 Å². The Morgan fingerprint density at radius 2 is 1.26 bits per heavy atom. The lowest BCUT2D eigenvalue weighted by molar-refractivity contribution is -0.251. The minimum Gasteiger partial charge on any atom is -0.429 e. The predicted molar refractivity (Wildman–Crippen MR) is 143 cm³/mol. The predicted octanol–water partition coefficient (Wildman–Crippen LogP) is 7.54. The molecule has 3 atom stereocenters. The lowest BCUT2D eigenvalue weighted by Crippen LogP contribution is -2.30. The fourth-order valence-corrected chi connectivity index (χ4v) is 4.49. The Kier molecular flexibility index (Phi) is 17.7. The monoisotopic (exact) mass is 556 g/mol. The van der Waals surface area contributed by atoms with Gasteiger partial charge < -0.3 is 9.47 Å². The minimum atomic E-state index is -1.04. The van der Waals surface area contributed by atoms with Crippen LogP contribution in [0.15, 0.2) is 12.2 Å². The van der Waals surface area contributed by atoms with E-state index < -0.39 is 24.2 Å². The van der Waals surface area contributed by atoms with Gasteiger partial charge in [-0.15, -0.1) is 0 Å². The first-order valence-electron chi connectivity index (χ1n) is 14.5. The highest BCUT2D eigenvalue weighted by Gasteiger charge is 2.34. The molecule has 39 heavy (non-hydrogen) atoms. The van der Waals surface area contributed by atoms with Crippen LogP contribution in [0.5, 0.6) is 0 Å². The number of allylic oxidation sites excluding steroid dienone is 2. The summed E-state index contributed by atoms with van der Waals surface area (Å²) in [6.45, 7) is 8.86. The number of carbonyl (C=O) groups is 4. The van der Waals surface area contributed by atoms with Gasteiger partial charge in [0.1, 0.15) is 0 Å². The zero-order chi connectivity index (χ0) is 29.0. The fourth-order valence-electron chi connectivity index (χ4n) is 4.49. The van der Waals surface area contributed by atoms with Crippen molar-refractivity contribution >= 4 is 24.2 Å². The zero-order valence-electron chi connectivity index (χ0n) is 24.3. The molecule has 10 nitrogen and oxygen atoms in total. The van der Waals surface area contributed by atoms with Gasteiger partial charge in [-0.05, 0) is 65.2 Å². The molecular weight excluding hydrogens is 508 g/mol. The molecule has 0 aromatic carbocycles. The number of unbranched alkanes of at least 4 members (excludes halogenated alkanes) is 7. The number of ether oxygens (including phenoxy) is 2. The maximum Gasteiger partial charge on any atom is 0.550 e. The first-order chi connectivity index (χ1) is 18.6. The van der Waals surface area contributed by atoms with Gasteiger partial charge in [0.05, 0.1) is 24.5 Å². The Labute approximate surface area is 232 Å². The molecule has 0 saturated heterocycles. The topological polar surface area (TPSA) is 124 Å². The van der Waals surface area contributed by atoms with Gasteiger partial charge in [0.2, 0.25) is 0 Å². The molecular formula is C29H48O10. The van der Waals surface area contributed by atoms with Crippen molar-refractivity contribution in [3.63, 3.8) is 0 Å². The van der Waals surface area contributed by atoms with E-state index in [1.54, 1.807) is 27.7 Å². The highest BCUT2D eigenvalue weighted by Crippen LogP contribution is 2.35. The van der Waals surface area contributed by atoms with Gasteiger partial charge in [-0.2, -0.15) is 9.59 Å². The summed E-state index contributed by atoms with van der Waals surface area (Å²) in [4.78, 5) is 65.6. The number of hydrogen-bond donors (Lipinski definition) is 0. The lowest BCUT2D eigenvalue weighted by atomic mass is 9.75. The second kappa shape index (κ2) is 20.2. The number of carbonyl (C=O) groups excluding carboxylic acids is 4. The second-order valence-corrected chi connectivity index (χ2v) is 10.7. The lowest BCUT2D eigenvalue weighted by Gasteiger charge is -2.30. The quantitative estimate of drug-likeness (QED) is 0.0619.